The molecule has 0 atom stereocenters. The summed E-state index contributed by atoms with van der Waals surface area (Å²) in [7, 11) is 0. The first-order valence-corrected chi connectivity index (χ1v) is 12.3. The Bertz CT molecular complexity index is 330. The van der Waals surface area contributed by atoms with Crippen LogP contribution in [0.5, 0.6) is 0 Å². The molecule has 2 nitrogen and oxygen atoms in total. The normalized spacial score (nSPS) is 11.7. The van der Waals surface area contributed by atoms with E-state index < -0.39 is 3.79 Å². The molecule has 0 aliphatic rings. The Kier molecular flexibility index (Phi) is 19.9. The van der Waals surface area contributed by atoms with Crippen molar-refractivity contribution in [2.75, 3.05) is 6.61 Å². The van der Waals surface area contributed by atoms with Crippen LogP contribution in [-0.4, -0.2) is 16.4 Å². The van der Waals surface area contributed by atoms with E-state index in [1.165, 1.54) is 96.3 Å². The lowest BCUT2D eigenvalue weighted by Gasteiger charge is -2.11. The van der Waals surface area contributed by atoms with Gasteiger partial charge in [-0.25, -0.2) is 0 Å². The highest BCUT2D eigenvalue weighted by Gasteiger charge is 2.21. The van der Waals surface area contributed by atoms with Crippen molar-refractivity contribution in [2.24, 2.45) is 0 Å². The highest BCUT2D eigenvalue weighted by Crippen LogP contribution is 2.26. The molecule has 162 valence electrons. The molecule has 0 amide bonds. The van der Waals surface area contributed by atoms with Gasteiger partial charge in [0.05, 0.1) is 0 Å². The summed E-state index contributed by atoms with van der Waals surface area (Å²) in [6.45, 7) is 2.10. The predicted octanol–water partition coefficient (Wildman–Crippen LogP) is 8.94. The largest absolute Gasteiger partial charge is 0.461 e. The van der Waals surface area contributed by atoms with Gasteiger partial charge in [-0.1, -0.05) is 144 Å². The Balaban J connectivity index is 3.14. The number of ether oxygens (including phenoxy) is 1. The summed E-state index contributed by atoms with van der Waals surface area (Å²) in [6.07, 6.45) is 23.0. The van der Waals surface area contributed by atoms with Crippen molar-refractivity contribution in [1.29, 1.82) is 0 Å². The Morgan fingerprint density at radius 3 is 1.30 bits per heavy atom. The molecule has 0 aromatic heterocycles. The van der Waals surface area contributed by atoms with Crippen molar-refractivity contribution < 1.29 is 9.53 Å². The summed E-state index contributed by atoms with van der Waals surface area (Å²) in [5, 5.41) is 0. The summed E-state index contributed by atoms with van der Waals surface area (Å²) in [5.41, 5.74) is 0. The third-order valence-electron chi connectivity index (χ3n) is 4.88. The number of hydrogen-bond acceptors (Lipinski definition) is 2. The lowest BCUT2D eigenvalue weighted by atomic mass is 10.0. The van der Waals surface area contributed by atoms with E-state index in [9.17, 15) is 4.79 Å². The summed E-state index contributed by atoms with van der Waals surface area (Å²) in [5.74, 6) is -0.276. The maximum atomic E-state index is 11.5. The molecule has 5 heteroatoms. The monoisotopic (exact) mass is 442 g/mol. The third kappa shape index (κ3) is 24.3. The van der Waals surface area contributed by atoms with Gasteiger partial charge in [-0.3, -0.25) is 4.79 Å². The maximum Gasteiger partial charge on any atom is 0.305 e. The van der Waals surface area contributed by atoms with Crippen LogP contribution in [0.1, 0.15) is 122 Å². The van der Waals surface area contributed by atoms with Crippen LogP contribution >= 0.6 is 34.8 Å². The van der Waals surface area contributed by atoms with Crippen LogP contribution in [0.3, 0.4) is 0 Å². The average Bonchev–Trinajstić information content (AvgIpc) is 2.62. The second-order valence-corrected chi connectivity index (χ2v) is 10.2. The van der Waals surface area contributed by atoms with Gasteiger partial charge < -0.3 is 4.74 Å². The quantitative estimate of drug-likeness (QED) is 0.113. The molecule has 0 rings (SSSR count). The zero-order chi connectivity index (χ0) is 20.2. The zero-order valence-electron chi connectivity index (χ0n) is 17.4. The number of carbonyl (C=O) groups excluding carboxylic acids is 1. The number of hydrogen-bond donors (Lipinski definition) is 0. The molecule has 0 fully saturated rings. The summed E-state index contributed by atoms with van der Waals surface area (Å²) < 4.78 is 3.39. The van der Waals surface area contributed by atoms with Crippen LogP contribution in [0.4, 0.5) is 0 Å². The zero-order valence-corrected chi connectivity index (χ0v) is 19.7. The number of unbranched alkanes of at least 4 members (excludes halogenated alkanes) is 16. The third-order valence-corrected chi connectivity index (χ3v) is 5.21. The fourth-order valence-corrected chi connectivity index (χ4v) is 3.39. The van der Waals surface area contributed by atoms with Gasteiger partial charge in [-0.2, -0.15) is 0 Å². The molecule has 0 aromatic carbocycles. The van der Waals surface area contributed by atoms with E-state index in [1.54, 1.807) is 0 Å². The van der Waals surface area contributed by atoms with Crippen LogP contribution in [0, 0.1) is 0 Å². The topological polar surface area (TPSA) is 26.3 Å². The van der Waals surface area contributed by atoms with Crippen molar-refractivity contribution in [2.45, 2.75) is 126 Å². The molecular weight excluding hydrogens is 403 g/mol. The molecule has 0 N–H and O–H groups in total. The molecule has 0 saturated carbocycles. The molecule has 0 heterocycles. The molecular formula is C22H41Cl3O2. The molecule has 27 heavy (non-hydrogen) atoms. The number of esters is 1. The average molecular weight is 444 g/mol. The molecule has 0 bridgehead atoms. The summed E-state index contributed by atoms with van der Waals surface area (Å²) in [4.78, 5) is 11.5. The molecule has 0 saturated heterocycles. The van der Waals surface area contributed by atoms with E-state index in [0.717, 1.165) is 12.8 Å². The van der Waals surface area contributed by atoms with Crippen LogP contribution in [0.2, 0.25) is 0 Å². The number of halogens is 3. The number of carbonyl (C=O) groups is 1. The van der Waals surface area contributed by atoms with Crippen molar-refractivity contribution in [3.63, 3.8) is 0 Å². The van der Waals surface area contributed by atoms with E-state index >= 15 is 0 Å². The molecule has 0 aliphatic heterocycles. The molecule has 0 spiro atoms. The first-order chi connectivity index (χ1) is 13.0. The number of rotatable bonds is 19. The van der Waals surface area contributed by atoms with E-state index in [1.807, 2.05) is 0 Å². The molecule has 0 aliphatic carbocycles. The van der Waals surface area contributed by atoms with Gasteiger partial charge in [-0.05, 0) is 6.42 Å². The standard InChI is InChI=1S/C22H41Cl3O2/c1-2-3-4-5-6-7-8-9-10-11-12-13-14-15-16-17-18-19-21(26)27-20-22(23,24)25/h2-20H2,1H3. The van der Waals surface area contributed by atoms with Gasteiger partial charge >= 0.3 is 5.97 Å². The van der Waals surface area contributed by atoms with E-state index in [4.69, 9.17) is 39.5 Å². The van der Waals surface area contributed by atoms with E-state index in [-0.39, 0.29) is 12.6 Å². The van der Waals surface area contributed by atoms with E-state index in [0.29, 0.717) is 6.42 Å². The minimum absolute atomic E-state index is 0.171. The van der Waals surface area contributed by atoms with Crippen molar-refractivity contribution >= 4 is 40.8 Å². The lowest BCUT2D eigenvalue weighted by molar-refractivity contribution is -0.143. The van der Waals surface area contributed by atoms with Crippen molar-refractivity contribution in [3.8, 4) is 0 Å². The SMILES string of the molecule is CCCCCCCCCCCCCCCCCCCC(=O)OCC(Cl)(Cl)Cl. The second kappa shape index (κ2) is 19.6. The van der Waals surface area contributed by atoms with Crippen LogP contribution in [0.15, 0.2) is 0 Å². The first-order valence-electron chi connectivity index (χ1n) is 11.2. The van der Waals surface area contributed by atoms with Crippen LogP contribution < -0.4 is 0 Å². The van der Waals surface area contributed by atoms with E-state index in [2.05, 4.69) is 6.92 Å². The Hall–Kier alpha value is 0.340. The van der Waals surface area contributed by atoms with Gasteiger partial charge in [0.2, 0.25) is 3.79 Å². The van der Waals surface area contributed by atoms with Gasteiger partial charge in [-0.15, -0.1) is 0 Å². The lowest BCUT2D eigenvalue weighted by Crippen LogP contribution is -2.17. The fourth-order valence-electron chi connectivity index (χ4n) is 3.23. The Morgan fingerprint density at radius 1 is 0.630 bits per heavy atom. The van der Waals surface area contributed by atoms with Crippen molar-refractivity contribution in [1.82, 2.24) is 0 Å². The van der Waals surface area contributed by atoms with Gasteiger partial charge in [0.1, 0.15) is 6.61 Å². The Labute approximate surface area is 183 Å². The molecule has 0 radical (unpaired) electrons. The summed E-state index contributed by atoms with van der Waals surface area (Å²) in [6, 6.07) is 0. The summed E-state index contributed by atoms with van der Waals surface area (Å²) >= 11 is 16.6. The predicted molar refractivity (Wildman–Crippen MR) is 120 cm³/mol. The maximum absolute atomic E-state index is 11.5. The first kappa shape index (κ1) is 27.3. The fraction of sp³-hybridized carbons (Fsp3) is 0.955. The van der Waals surface area contributed by atoms with Crippen LogP contribution in [-0.2, 0) is 9.53 Å². The van der Waals surface area contributed by atoms with Gasteiger partial charge in [0, 0.05) is 6.42 Å². The minimum atomic E-state index is -1.51. The highest BCUT2D eigenvalue weighted by molar-refractivity contribution is 6.67. The Morgan fingerprint density at radius 2 is 0.963 bits per heavy atom. The second-order valence-electron chi connectivity index (χ2n) is 7.68. The molecule has 0 unspecified atom stereocenters. The highest BCUT2D eigenvalue weighted by atomic mass is 35.6. The van der Waals surface area contributed by atoms with Crippen molar-refractivity contribution in [3.05, 3.63) is 0 Å². The minimum Gasteiger partial charge on any atom is -0.461 e. The molecule has 0 aromatic rings. The van der Waals surface area contributed by atoms with Crippen LogP contribution in [0.25, 0.3) is 0 Å². The van der Waals surface area contributed by atoms with Gasteiger partial charge in [0.25, 0.3) is 0 Å². The smallest absolute Gasteiger partial charge is 0.305 e. The number of alkyl halides is 3. The van der Waals surface area contributed by atoms with Gasteiger partial charge in [0.15, 0.2) is 0 Å².